The molecule has 1 aromatic heterocycles. The highest BCUT2D eigenvalue weighted by molar-refractivity contribution is 5.77. The van der Waals surface area contributed by atoms with Crippen LogP contribution in [0.15, 0.2) is 36.7 Å². The topological polar surface area (TPSA) is 78.6 Å². The number of hydrogen-bond acceptors (Lipinski definition) is 6. The number of amides is 1. The third kappa shape index (κ3) is 5.68. The lowest BCUT2D eigenvalue weighted by atomic mass is 10.1. The molecule has 0 spiro atoms. The summed E-state index contributed by atoms with van der Waals surface area (Å²) in [4.78, 5) is 26.0. The van der Waals surface area contributed by atoms with Gasteiger partial charge in [0.25, 0.3) is 6.43 Å². The van der Waals surface area contributed by atoms with E-state index in [4.69, 9.17) is 5.73 Å². The van der Waals surface area contributed by atoms with Gasteiger partial charge in [-0.3, -0.25) is 9.69 Å². The number of halogens is 2. The number of aromatic nitrogens is 2. The van der Waals surface area contributed by atoms with Crippen LogP contribution in [-0.2, 0) is 11.3 Å². The van der Waals surface area contributed by atoms with Crippen LogP contribution in [0.2, 0.25) is 0 Å². The van der Waals surface area contributed by atoms with E-state index in [0.29, 0.717) is 38.7 Å². The molecule has 156 valence electrons. The van der Waals surface area contributed by atoms with Gasteiger partial charge < -0.3 is 15.5 Å². The molecule has 0 unspecified atom stereocenters. The number of benzene rings is 1. The van der Waals surface area contributed by atoms with Crippen LogP contribution in [0.5, 0.6) is 0 Å². The van der Waals surface area contributed by atoms with E-state index in [0.717, 1.165) is 16.7 Å². The van der Waals surface area contributed by atoms with Crippen molar-refractivity contribution < 1.29 is 13.6 Å². The number of hydrogen-bond donors (Lipinski definition) is 1. The second-order valence-corrected chi connectivity index (χ2v) is 7.10. The molecule has 2 aromatic rings. The first-order valence-electron chi connectivity index (χ1n) is 9.57. The fourth-order valence-corrected chi connectivity index (χ4v) is 3.33. The summed E-state index contributed by atoms with van der Waals surface area (Å²) in [6, 6.07) is 7.86. The number of rotatable bonds is 7. The summed E-state index contributed by atoms with van der Waals surface area (Å²) in [5, 5.41) is 0. The van der Waals surface area contributed by atoms with Crippen molar-refractivity contribution in [2.75, 3.05) is 51.2 Å². The van der Waals surface area contributed by atoms with Crippen molar-refractivity contribution in [2.45, 2.75) is 13.0 Å². The average molecular weight is 404 g/mol. The van der Waals surface area contributed by atoms with Crippen LogP contribution in [0.3, 0.4) is 0 Å². The fourth-order valence-electron chi connectivity index (χ4n) is 3.33. The first-order valence-corrected chi connectivity index (χ1v) is 9.57. The number of carbonyl (C=O) groups excluding carboxylic acids is 1. The molecule has 0 aliphatic carbocycles. The van der Waals surface area contributed by atoms with Gasteiger partial charge in [0.2, 0.25) is 11.9 Å². The standard InChI is InChI=1S/C20H26F2N6O/c1-26(19(29)10-23)13-15-3-2-4-16(9-15)17-11-24-20(25-12-17)28-7-5-27(6-8-28)14-18(21)22/h2-4,9,11-12,18H,5-8,10,13-14,23H2,1H3. The Kier molecular flexibility index (Phi) is 7.05. The molecule has 29 heavy (non-hydrogen) atoms. The first-order chi connectivity index (χ1) is 14.0. The Labute approximate surface area is 169 Å². The van der Waals surface area contributed by atoms with Crippen LogP contribution in [0.1, 0.15) is 5.56 Å². The molecule has 9 heteroatoms. The van der Waals surface area contributed by atoms with E-state index in [1.54, 1.807) is 29.2 Å². The van der Waals surface area contributed by atoms with E-state index in [1.165, 1.54) is 0 Å². The van der Waals surface area contributed by atoms with Crippen LogP contribution >= 0.6 is 0 Å². The van der Waals surface area contributed by atoms with Crippen LogP contribution in [0.25, 0.3) is 11.1 Å². The van der Waals surface area contributed by atoms with Crippen LogP contribution in [0.4, 0.5) is 14.7 Å². The Morgan fingerprint density at radius 1 is 1.17 bits per heavy atom. The van der Waals surface area contributed by atoms with Gasteiger partial charge in [-0.2, -0.15) is 0 Å². The molecule has 0 bridgehead atoms. The number of piperazine rings is 1. The lowest BCUT2D eigenvalue weighted by molar-refractivity contribution is -0.128. The van der Waals surface area contributed by atoms with Crippen molar-refractivity contribution in [1.82, 2.24) is 19.8 Å². The number of nitrogens with two attached hydrogens (primary N) is 1. The van der Waals surface area contributed by atoms with Crippen LogP contribution in [-0.4, -0.2) is 78.4 Å². The predicted octanol–water partition coefficient (Wildman–Crippen LogP) is 1.45. The molecule has 1 aliphatic rings. The first kappa shape index (κ1) is 21.1. The minimum Gasteiger partial charge on any atom is -0.340 e. The molecule has 1 amide bonds. The van der Waals surface area contributed by atoms with Gasteiger partial charge in [-0.25, -0.2) is 18.7 Å². The Morgan fingerprint density at radius 2 is 1.86 bits per heavy atom. The predicted molar refractivity (Wildman–Crippen MR) is 108 cm³/mol. The number of nitrogens with zero attached hydrogens (tertiary/aromatic N) is 5. The zero-order valence-electron chi connectivity index (χ0n) is 16.5. The summed E-state index contributed by atoms with van der Waals surface area (Å²) >= 11 is 0. The third-order valence-electron chi connectivity index (χ3n) is 4.97. The fraction of sp³-hybridized carbons (Fsp3) is 0.450. The zero-order valence-corrected chi connectivity index (χ0v) is 16.5. The van der Waals surface area contributed by atoms with Gasteiger partial charge >= 0.3 is 0 Å². The van der Waals surface area contributed by atoms with Gasteiger partial charge in [0.1, 0.15) is 0 Å². The van der Waals surface area contributed by atoms with Crippen molar-refractivity contribution in [2.24, 2.45) is 5.73 Å². The van der Waals surface area contributed by atoms with E-state index in [1.807, 2.05) is 29.2 Å². The molecular weight excluding hydrogens is 378 g/mol. The lowest BCUT2D eigenvalue weighted by Gasteiger charge is -2.34. The minimum atomic E-state index is -2.30. The van der Waals surface area contributed by atoms with E-state index < -0.39 is 6.43 Å². The van der Waals surface area contributed by atoms with Crippen LogP contribution < -0.4 is 10.6 Å². The van der Waals surface area contributed by atoms with Gasteiger partial charge in [0.15, 0.2) is 0 Å². The number of alkyl halides is 2. The molecular formula is C20H26F2N6O. The van der Waals surface area contributed by atoms with Crippen molar-refractivity contribution >= 4 is 11.9 Å². The molecule has 7 nitrogen and oxygen atoms in total. The molecule has 1 saturated heterocycles. The maximum absolute atomic E-state index is 12.5. The molecule has 2 N–H and O–H groups in total. The summed E-state index contributed by atoms with van der Waals surface area (Å²) in [5.41, 5.74) is 8.23. The minimum absolute atomic E-state index is 0.0120. The van der Waals surface area contributed by atoms with E-state index in [9.17, 15) is 13.6 Å². The zero-order chi connectivity index (χ0) is 20.8. The quantitative estimate of drug-likeness (QED) is 0.753. The molecule has 0 saturated carbocycles. The van der Waals surface area contributed by atoms with Crippen LogP contribution in [0, 0.1) is 0 Å². The van der Waals surface area contributed by atoms with Gasteiger partial charge in [0, 0.05) is 57.7 Å². The number of carbonyl (C=O) groups is 1. The highest BCUT2D eigenvalue weighted by Gasteiger charge is 2.21. The van der Waals surface area contributed by atoms with E-state index in [2.05, 4.69) is 9.97 Å². The smallest absolute Gasteiger partial charge is 0.251 e. The van der Waals surface area contributed by atoms with Gasteiger partial charge in [-0.05, 0) is 17.2 Å². The van der Waals surface area contributed by atoms with E-state index >= 15 is 0 Å². The Bertz CT molecular complexity index is 809. The van der Waals surface area contributed by atoms with Gasteiger partial charge in [-0.1, -0.05) is 18.2 Å². The van der Waals surface area contributed by atoms with Gasteiger partial charge in [0.05, 0.1) is 13.1 Å². The monoisotopic (exact) mass is 404 g/mol. The highest BCUT2D eigenvalue weighted by Crippen LogP contribution is 2.21. The number of likely N-dealkylation sites (N-methyl/N-ethyl adjacent to an activating group) is 1. The lowest BCUT2D eigenvalue weighted by Crippen LogP contribution is -2.48. The molecule has 2 heterocycles. The maximum Gasteiger partial charge on any atom is 0.251 e. The summed E-state index contributed by atoms with van der Waals surface area (Å²) in [7, 11) is 1.72. The van der Waals surface area contributed by atoms with Crippen molar-refractivity contribution in [3.8, 4) is 11.1 Å². The van der Waals surface area contributed by atoms with Crippen molar-refractivity contribution in [1.29, 1.82) is 0 Å². The summed E-state index contributed by atoms with van der Waals surface area (Å²) in [6.07, 6.45) is 1.23. The maximum atomic E-state index is 12.5. The summed E-state index contributed by atoms with van der Waals surface area (Å²) < 4.78 is 25.0. The van der Waals surface area contributed by atoms with Crippen molar-refractivity contribution in [3.63, 3.8) is 0 Å². The summed E-state index contributed by atoms with van der Waals surface area (Å²) in [5.74, 6) is 0.492. The Morgan fingerprint density at radius 3 is 2.48 bits per heavy atom. The molecule has 1 aliphatic heterocycles. The largest absolute Gasteiger partial charge is 0.340 e. The molecule has 1 fully saturated rings. The highest BCUT2D eigenvalue weighted by atomic mass is 19.3. The second-order valence-electron chi connectivity index (χ2n) is 7.10. The average Bonchev–Trinajstić information content (AvgIpc) is 2.73. The molecule has 0 atom stereocenters. The second kappa shape index (κ2) is 9.71. The van der Waals surface area contributed by atoms with Crippen molar-refractivity contribution in [3.05, 3.63) is 42.2 Å². The normalized spacial score (nSPS) is 15.0. The number of anilines is 1. The van der Waals surface area contributed by atoms with E-state index in [-0.39, 0.29) is 19.0 Å². The third-order valence-corrected chi connectivity index (χ3v) is 4.97. The summed E-state index contributed by atoms with van der Waals surface area (Å²) in [6.45, 7) is 2.69. The molecule has 0 radical (unpaired) electrons. The Hall–Kier alpha value is -2.65. The van der Waals surface area contributed by atoms with Gasteiger partial charge in [-0.15, -0.1) is 0 Å². The molecule has 3 rings (SSSR count). The Balaban J connectivity index is 1.63. The molecule has 1 aromatic carbocycles. The SMILES string of the molecule is CN(Cc1cccc(-c2cnc(N3CCN(CC(F)F)CC3)nc2)c1)C(=O)CN.